The minimum atomic E-state index is -4.75. The molecule has 36 heavy (non-hydrogen) atoms. The number of nitrogens with one attached hydrogen (secondary N) is 2. The highest BCUT2D eigenvalue weighted by atomic mass is 35.5. The van der Waals surface area contributed by atoms with Crippen molar-refractivity contribution in [2.75, 3.05) is 4.72 Å². The van der Waals surface area contributed by atoms with Crippen LogP contribution in [0.2, 0.25) is 5.02 Å². The van der Waals surface area contributed by atoms with E-state index in [1.165, 1.54) is 12.1 Å². The highest BCUT2D eigenvalue weighted by Crippen LogP contribution is 2.33. The van der Waals surface area contributed by atoms with Crippen LogP contribution in [0.15, 0.2) is 65.6 Å². The molecule has 0 aliphatic rings. The standard InChI is InChI=1S/C23H18ClF3N4O3S2/c1-13(11-14-5-8-16(24)9-6-14)28-22(32)17-10-7-15(23(25,26)27)12-19(17)31-36(33,34)20-4-2-3-18-21(20)30-35-29-18/h2-10,12-13,31H,11H2,1H3,(H,28,32). The zero-order valence-corrected chi connectivity index (χ0v) is 20.9. The zero-order valence-electron chi connectivity index (χ0n) is 18.5. The minimum absolute atomic E-state index is 0.0737. The number of hydrogen-bond donors (Lipinski definition) is 2. The van der Waals surface area contributed by atoms with Gasteiger partial charge in [0, 0.05) is 11.1 Å². The van der Waals surface area contributed by atoms with Crippen LogP contribution in [-0.4, -0.2) is 29.1 Å². The van der Waals surface area contributed by atoms with Crippen LogP contribution < -0.4 is 10.0 Å². The Balaban J connectivity index is 1.65. The topological polar surface area (TPSA) is 101 Å². The van der Waals surface area contributed by atoms with Crippen LogP contribution >= 0.6 is 23.3 Å². The smallest absolute Gasteiger partial charge is 0.349 e. The number of fused-ring (bicyclic) bond motifs is 1. The summed E-state index contributed by atoms with van der Waals surface area (Å²) >= 11 is 6.68. The van der Waals surface area contributed by atoms with Crippen molar-refractivity contribution >= 4 is 56.0 Å². The summed E-state index contributed by atoms with van der Waals surface area (Å²) in [5.41, 5.74) is -0.616. The van der Waals surface area contributed by atoms with Gasteiger partial charge in [0.1, 0.15) is 15.9 Å². The number of alkyl halides is 3. The first-order chi connectivity index (χ1) is 16.9. The summed E-state index contributed by atoms with van der Waals surface area (Å²) in [6.07, 6.45) is -4.33. The minimum Gasteiger partial charge on any atom is -0.349 e. The van der Waals surface area contributed by atoms with Crippen LogP contribution in [0.25, 0.3) is 11.0 Å². The molecule has 0 fully saturated rings. The van der Waals surface area contributed by atoms with Gasteiger partial charge in [0.2, 0.25) is 0 Å². The molecule has 188 valence electrons. The maximum Gasteiger partial charge on any atom is 0.416 e. The van der Waals surface area contributed by atoms with Crippen molar-refractivity contribution in [2.45, 2.75) is 30.5 Å². The molecule has 7 nitrogen and oxygen atoms in total. The van der Waals surface area contributed by atoms with Crippen molar-refractivity contribution in [3.05, 3.63) is 82.4 Å². The fourth-order valence-electron chi connectivity index (χ4n) is 3.53. The molecule has 0 spiro atoms. The zero-order chi connectivity index (χ0) is 26.1. The number of carbonyl (C=O) groups is 1. The first kappa shape index (κ1) is 25.9. The van der Waals surface area contributed by atoms with E-state index in [0.717, 1.165) is 29.4 Å². The normalized spacial score (nSPS) is 12.9. The lowest BCUT2D eigenvalue weighted by molar-refractivity contribution is -0.137. The number of aromatic nitrogens is 2. The van der Waals surface area contributed by atoms with E-state index >= 15 is 0 Å². The van der Waals surface area contributed by atoms with Crippen LogP contribution in [0, 0.1) is 0 Å². The molecule has 4 aromatic rings. The van der Waals surface area contributed by atoms with E-state index in [2.05, 4.69) is 18.8 Å². The Labute approximate surface area is 213 Å². The van der Waals surface area contributed by atoms with E-state index < -0.39 is 39.4 Å². The van der Waals surface area contributed by atoms with Crippen molar-refractivity contribution in [3.63, 3.8) is 0 Å². The molecule has 1 heterocycles. The van der Waals surface area contributed by atoms with Crippen molar-refractivity contribution in [2.24, 2.45) is 0 Å². The van der Waals surface area contributed by atoms with Gasteiger partial charge in [-0.25, -0.2) is 8.42 Å². The molecule has 0 aliphatic carbocycles. The first-order valence-corrected chi connectivity index (χ1v) is 13.0. The van der Waals surface area contributed by atoms with Crippen LogP contribution in [0.3, 0.4) is 0 Å². The molecule has 1 atom stereocenters. The van der Waals surface area contributed by atoms with Gasteiger partial charge < -0.3 is 5.32 Å². The summed E-state index contributed by atoms with van der Waals surface area (Å²) in [5, 5.41) is 3.26. The molecule has 4 rings (SSSR count). The second-order valence-electron chi connectivity index (χ2n) is 7.96. The van der Waals surface area contributed by atoms with Gasteiger partial charge in [-0.05, 0) is 61.4 Å². The second-order valence-corrected chi connectivity index (χ2v) is 10.6. The number of nitrogens with zero attached hydrogens (tertiary/aromatic N) is 2. The number of halogens is 4. The highest BCUT2D eigenvalue weighted by Gasteiger charge is 2.32. The number of rotatable bonds is 7. The maximum atomic E-state index is 13.4. The predicted octanol–water partition coefficient (Wildman–Crippen LogP) is 5.53. The number of sulfonamides is 1. The number of anilines is 1. The Morgan fingerprint density at radius 2 is 1.81 bits per heavy atom. The van der Waals surface area contributed by atoms with Gasteiger partial charge in [-0.3, -0.25) is 9.52 Å². The fraction of sp³-hybridized carbons (Fsp3) is 0.174. The van der Waals surface area contributed by atoms with Crippen LogP contribution in [0.5, 0.6) is 0 Å². The Kier molecular flexibility index (Phi) is 7.21. The number of carbonyl (C=O) groups excluding carboxylic acids is 1. The molecular formula is C23H18ClF3N4O3S2. The summed E-state index contributed by atoms with van der Waals surface area (Å²) in [7, 11) is -4.41. The van der Waals surface area contributed by atoms with Crippen LogP contribution in [0.4, 0.5) is 18.9 Å². The largest absolute Gasteiger partial charge is 0.416 e. The molecule has 1 unspecified atom stereocenters. The number of hydrogen-bond acceptors (Lipinski definition) is 6. The lowest BCUT2D eigenvalue weighted by Gasteiger charge is -2.18. The molecule has 0 radical (unpaired) electrons. The fourth-order valence-corrected chi connectivity index (χ4v) is 5.49. The van der Waals surface area contributed by atoms with Crippen molar-refractivity contribution in [3.8, 4) is 0 Å². The van der Waals surface area contributed by atoms with Crippen molar-refractivity contribution in [1.82, 2.24) is 14.1 Å². The van der Waals surface area contributed by atoms with Crippen molar-refractivity contribution in [1.29, 1.82) is 0 Å². The maximum absolute atomic E-state index is 13.4. The third-order valence-corrected chi connectivity index (χ3v) is 7.40. The highest BCUT2D eigenvalue weighted by molar-refractivity contribution is 7.93. The third kappa shape index (κ3) is 5.77. The first-order valence-electron chi connectivity index (χ1n) is 10.4. The molecule has 13 heteroatoms. The second kappa shape index (κ2) is 10.0. The Morgan fingerprint density at radius 1 is 1.08 bits per heavy atom. The van der Waals surface area contributed by atoms with E-state index in [1.54, 1.807) is 37.3 Å². The van der Waals surface area contributed by atoms with E-state index in [9.17, 15) is 26.4 Å². The van der Waals surface area contributed by atoms with Gasteiger partial charge in [-0.1, -0.05) is 29.8 Å². The molecule has 0 aliphatic heterocycles. The van der Waals surface area contributed by atoms with Crippen molar-refractivity contribution < 1.29 is 26.4 Å². The van der Waals surface area contributed by atoms with E-state index in [4.69, 9.17) is 11.6 Å². The predicted molar refractivity (Wildman–Crippen MR) is 132 cm³/mol. The van der Waals surface area contributed by atoms with Gasteiger partial charge in [-0.15, -0.1) is 0 Å². The van der Waals surface area contributed by atoms with Crippen LogP contribution in [0.1, 0.15) is 28.4 Å². The van der Waals surface area contributed by atoms with E-state index in [0.29, 0.717) is 23.0 Å². The third-order valence-electron chi connectivity index (χ3n) is 5.21. The molecule has 1 aromatic heterocycles. The lowest BCUT2D eigenvalue weighted by atomic mass is 10.1. The summed E-state index contributed by atoms with van der Waals surface area (Å²) < 4.78 is 76.6. The summed E-state index contributed by atoms with van der Waals surface area (Å²) in [6.45, 7) is 1.72. The molecule has 3 aromatic carbocycles. The molecule has 0 bridgehead atoms. The lowest BCUT2D eigenvalue weighted by Crippen LogP contribution is -2.34. The van der Waals surface area contributed by atoms with Crippen LogP contribution in [-0.2, 0) is 22.6 Å². The van der Waals surface area contributed by atoms with E-state index in [1.807, 2.05) is 0 Å². The molecule has 0 saturated heterocycles. The number of amides is 1. The monoisotopic (exact) mass is 554 g/mol. The molecular weight excluding hydrogens is 537 g/mol. The Hall–Kier alpha value is -3.22. The summed E-state index contributed by atoms with van der Waals surface area (Å²) in [6, 6.07) is 13.1. The quantitative estimate of drug-likeness (QED) is 0.313. The van der Waals surface area contributed by atoms with Gasteiger partial charge in [0.25, 0.3) is 15.9 Å². The van der Waals surface area contributed by atoms with Gasteiger partial charge >= 0.3 is 6.18 Å². The average Bonchev–Trinajstić information content (AvgIpc) is 3.28. The number of benzene rings is 3. The molecule has 2 N–H and O–H groups in total. The Bertz CT molecular complexity index is 1520. The average molecular weight is 555 g/mol. The van der Waals surface area contributed by atoms with Gasteiger partial charge in [-0.2, -0.15) is 21.9 Å². The summed E-state index contributed by atoms with van der Waals surface area (Å²) in [5.74, 6) is -0.739. The van der Waals surface area contributed by atoms with Gasteiger partial charge in [0.15, 0.2) is 0 Å². The summed E-state index contributed by atoms with van der Waals surface area (Å²) in [4.78, 5) is 12.7. The van der Waals surface area contributed by atoms with Gasteiger partial charge in [0.05, 0.1) is 28.5 Å². The van der Waals surface area contributed by atoms with E-state index in [-0.39, 0.29) is 16.0 Å². The SMILES string of the molecule is CC(Cc1ccc(Cl)cc1)NC(=O)c1ccc(C(F)(F)F)cc1NS(=O)(=O)c1cccc2nsnc12. The molecule has 1 amide bonds. The molecule has 0 saturated carbocycles. The Morgan fingerprint density at radius 3 is 2.50 bits per heavy atom.